The number of amides is 1. The molecule has 0 saturated carbocycles. The molecule has 26 heavy (non-hydrogen) atoms. The molecule has 1 atom stereocenters. The van der Waals surface area contributed by atoms with E-state index in [1.807, 2.05) is 62.4 Å². The van der Waals surface area contributed by atoms with E-state index >= 15 is 0 Å². The zero-order valence-electron chi connectivity index (χ0n) is 15.1. The van der Waals surface area contributed by atoms with Crippen LogP contribution in [0.25, 0.3) is 0 Å². The van der Waals surface area contributed by atoms with Crippen LogP contribution in [0.1, 0.15) is 24.5 Å². The van der Waals surface area contributed by atoms with Crippen LogP contribution >= 0.6 is 0 Å². The normalized spacial score (nSPS) is 16.6. The SMILES string of the molecule is CCOc1ccccc1COC(=O)C1CC(=O)N(c2ccc(C)cc2)C1. The highest BCUT2D eigenvalue weighted by Crippen LogP contribution is 2.27. The first-order valence-corrected chi connectivity index (χ1v) is 8.83. The second kappa shape index (κ2) is 8.04. The number of esters is 1. The van der Waals surface area contributed by atoms with Gasteiger partial charge in [0.2, 0.25) is 5.91 Å². The number of hydrogen-bond donors (Lipinski definition) is 0. The van der Waals surface area contributed by atoms with Crippen molar-refractivity contribution in [2.45, 2.75) is 26.9 Å². The van der Waals surface area contributed by atoms with E-state index in [1.165, 1.54) is 0 Å². The van der Waals surface area contributed by atoms with Crippen LogP contribution in [-0.2, 0) is 20.9 Å². The van der Waals surface area contributed by atoms with Crippen molar-refractivity contribution < 1.29 is 19.1 Å². The molecule has 0 bridgehead atoms. The molecule has 0 N–H and O–H groups in total. The molecule has 1 amide bonds. The van der Waals surface area contributed by atoms with E-state index in [1.54, 1.807) is 4.90 Å². The molecule has 1 saturated heterocycles. The summed E-state index contributed by atoms with van der Waals surface area (Å²) in [5, 5.41) is 0. The van der Waals surface area contributed by atoms with Crippen LogP contribution in [0.2, 0.25) is 0 Å². The third kappa shape index (κ3) is 4.04. The molecule has 1 unspecified atom stereocenters. The van der Waals surface area contributed by atoms with E-state index in [9.17, 15) is 9.59 Å². The number of hydrogen-bond acceptors (Lipinski definition) is 4. The maximum atomic E-state index is 12.4. The summed E-state index contributed by atoms with van der Waals surface area (Å²) < 4.78 is 11.0. The predicted molar refractivity (Wildman–Crippen MR) is 99.0 cm³/mol. The van der Waals surface area contributed by atoms with E-state index in [2.05, 4.69) is 0 Å². The number of carbonyl (C=O) groups excluding carboxylic acids is 2. The Kier molecular flexibility index (Phi) is 5.56. The van der Waals surface area contributed by atoms with Crippen molar-refractivity contribution in [1.82, 2.24) is 0 Å². The zero-order chi connectivity index (χ0) is 18.5. The Morgan fingerprint density at radius 3 is 2.62 bits per heavy atom. The smallest absolute Gasteiger partial charge is 0.311 e. The average molecular weight is 353 g/mol. The average Bonchev–Trinajstić information content (AvgIpc) is 3.03. The number of benzene rings is 2. The summed E-state index contributed by atoms with van der Waals surface area (Å²) in [5.74, 6) is -0.126. The second-order valence-electron chi connectivity index (χ2n) is 6.39. The second-order valence-corrected chi connectivity index (χ2v) is 6.39. The zero-order valence-corrected chi connectivity index (χ0v) is 15.1. The molecule has 0 spiro atoms. The molecule has 136 valence electrons. The molecule has 0 aliphatic carbocycles. The minimum absolute atomic E-state index is 0.0504. The molecule has 1 fully saturated rings. The van der Waals surface area contributed by atoms with Crippen molar-refractivity contribution in [2.24, 2.45) is 5.92 Å². The lowest BCUT2D eigenvalue weighted by Gasteiger charge is -2.17. The number of ether oxygens (including phenoxy) is 2. The molecular formula is C21H23NO4. The summed E-state index contributed by atoms with van der Waals surface area (Å²) in [6.07, 6.45) is 0.180. The van der Waals surface area contributed by atoms with Crippen LogP contribution in [0.15, 0.2) is 48.5 Å². The summed E-state index contributed by atoms with van der Waals surface area (Å²) in [7, 11) is 0. The van der Waals surface area contributed by atoms with Gasteiger partial charge in [-0.25, -0.2) is 0 Å². The Balaban J connectivity index is 1.61. The van der Waals surface area contributed by atoms with E-state index < -0.39 is 5.92 Å². The van der Waals surface area contributed by atoms with Gasteiger partial charge in [-0.3, -0.25) is 9.59 Å². The summed E-state index contributed by atoms with van der Waals surface area (Å²) in [5.41, 5.74) is 2.77. The highest BCUT2D eigenvalue weighted by Gasteiger charge is 2.36. The minimum atomic E-state index is -0.442. The Bertz CT molecular complexity index is 785. The van der Waals surface area contributed by atoms with Gasteiger partial charge in [0, 0.05) is 24.2 Å². The Labute approximate surface area is 153 Å². The van der Waals surface area contributed by atoms with Crippen molar-refractivity contribution >= 4 is 17.6 Å². The molecule has 5 heteroatoms. The first-order chi connectivity index (χ1) is 12.6. The molecule has 0 aromatic heterocycles. The lowest BCUT2D eigenvalue weighted by Crippen LogP contribution is -2.26. The Morgan fingerprint density at radius 2 is 1.88 bits per heavy atom. The number of nitrogens with zero attached hydrogens (tertiary/aromatic N) is 1. The minimum Gasteiger partial charge on any atom is -0.493 e. The molecule has 2 aromatic carbocycles. The molecular weight excluding hydrogens is 330 g/mol. The summed E-state index contributed by atoms with van der Waals surface area (Å²) in [4.78, 5) is 26.4. The maximum absolute atomic E-state index is 12.4. The van der Waals surface area contributed by atoms with Gasteiger partial charge in [0.25, 0.3) is 0 Å². The quantitative estimate of drug-likeness (QED) is 0.746. The number of anilines is 1. The molecule has 1 aliphatic rings. The standard InChI is InChI=1S/C21H23NO4/c1-3-25-19-7-5-4-6-16(19)14-26-21(24)17-12-20(23)22(13-17)18-10-8-15(2)9-11-18/h4-11,17H,3,12-14H2,1-2H3. The van der Waals surface area contributed by atoms with Gasteiger partial charge in [0.15, 0.2) is 0 Å². The number of aryl methyl sites for hydroxylation is 1. The molecule has 2 aromatic rings. The van der Waals surface area contributed by atoms with Crippen molar-refractivity contribution in [3.8, 4) is 5.75 Å². The predicted octanol–water partition coefficient (Wildman–Crippen LogP) is 3.49. The van der Waals surface area contributed by atoms with Crippen LogP contribution in [-0.4, -0.2) is 25.0 Å². The molecule has 3 rings (SSSR count). The van der Waals surface area contributed by atoms with Crippen molar-refractivity contribution in [1.29, 1.82) is 0 Å². The van der Waals surface area contributed by atoms with Crippen molar-refractivity contribution in [2.75, 3.05) is 18.1 Å². The highest BCUT2D eigenvalue weighted by molar-refractivity contribution is 5.99. The topological polar surface area (TPSA) is 55.8 Å². The summed E-state index contributed by atoms with van der Waals surface area (Å²) in [6, 6.07) is 15.2. The van der Waals surface area contributed by atoms with E-state index in [-0.39, 0.29) is 24.9 Å². The first-order valence-electron chi connectivity index (χ1n) is 8.83. The first kappa shape index (κ1) is 18.0. The number of rotatable bonds is 6. The monoisotopic (exact) mass is 353 g/mol. The largest absolute Gasteiger partial charge is 0.493 e. The van der Waals surface area contributed by atoms with Gasteiger partial charge in [-0.05, 0) is 32.0 Å². The fourth-order valence-corrected chi connectivity index (χ4v) is 3.03. The van der Waals surface area contributed by atoms with Gasteiger partial charge < -0.3 is 14.4 Å². The maximum Gasteiger partial charge on any atom is 0.311 e. The van der Waals surface area contributed by atoms with Crippen LogP contribution in [0, 0.1) is 12.8 Å². The third-order valence-electron chi connectivity index (χ3n) is 4.45. The fourth-order valence-electron chi connectivity index (χ4n) is 3.03. The summed E-state index contributed by atoms with van der Waals surface area (Å²) >= 11 is 0. The van der Waals surface area contributed by atoms with E-state index in [4.69, 9.17) is 9.47 Å². The van der Waals surface area contributed by atoms with Crippen LogP contribution < -0.4 is 9.64 Å². The Morgan fingerprint density at radius 1 is 1.15 bits per heavy atom. The lowest BCUT2D eigenvalue weighted by atomic mass is 10.1. The van der Waals surface area contributed by atoms with E-state index in [0.717, 1.165) is 16.8 Å². The number of carbonyl (C=O) groups is 2. The molecule has 1 aliphatic heterocycles. The Hall–Kier alpha value is -2.82. The fraction of sp³-hybridized carbons (Fsp3) is 0.333. The third-order valence-corrected chi connectivity index (χ3v) is 4.45. The van der Waals surface area contributed by atoms with E-state index in [0.29, 0.717) is 18.9 Å². The van der Waals surface area contributed by atoms with Crippen LogP contribution in [0.5, 0.6) is 5.75 Å². The molecule has 1 heterocycles. The van der Waals surface area contributed by atoms with Gasteiger partial charge in [-0.15, -0.1) is 0 Å². The van der Waals surface area contributed by atoms with Gasteiger partial charge >= 0.3 is 5.97 Å². The molecule has 5 nitrogen and oxygen atoms in total. The van der Waals surface area contributed by atoms with Gasteiger partial charge in [0.1, 0.15) is 12.4 Å². The van der Waals surface area contributed by atoms with Gasteiger partial charge in [-0.1, -0.05) is 35.9 Å². The van der Waals surface area contributed by atoms with Gasteiger partial charge in [0.05, 0.1) is 12.5 Å². The molecule has 0 radical (unpaired) electrons. The number of para-hydroxylation sites is 1. The van der Waals surface area contributed by atoms with Crippen LogP contribution in [0.4, 0.5) is 5.69 Å². The van der Waals surface area contributed by atoms with Crippen LogP contribution in [0.3, 0.4) is 0 Å². The van der Waals surface area contributed by atoms with Crippen molar-refractivity contribution in [3.63, 3.8) is 0 Å². The summed E-state index contributed by atoms with van der Waals surface area (Å²) in [6.45, 7) is 4.95. The highest BCUT2D eigenvalue weighted by atomic mass is 16.5. The van der Waals surface area contributed by atoms with Crippen molar-refractivity contribution in [3.05, 3.63) is 59.7 Å². The lowest BCUT2D eigenvalue weighted by molar-refractivity contribution is -0.149. The van der Waals surface area contributed by atoms with Gasteiger partial charge in [-0.2, -0.15) is 0 Å².